The normalized spacial score (nSPS) is 18.1. The van der Waals surface area contributed by atoms with Gasteiger partial charge in [-0.2, -0.15) is 0 Å². The molecule has 5 rings (SSSR count). The Bertz CT molecular complexity index is 1240. The fraction of sp³-hybridized carbons (Fsp3) is 0.467. The molecule has 38 heavy (non-hydrogen) atoms. The average molecular weight is 622 g/mol. The Morgan fingerprint density at radius 3 is 1.66 bits per heavy atom. The first kappa shape index (κ1) is 31.1. The Balaban J connectivity index is 0.000000159. The predicted octanol–water partition coefficient (Wildman–Crippen LogP) is 8.81. The minimum Gasteiger partial charge on any atom is -0.400 e. The summed E-state index contributed by atoms with van der Waals surface area (Å²) >= 11 is 15.6. The van der Waals surface area contributed by atoms with Gasteiger partial charge < -0.3 is 20.8 Å². The van der Waals surface area contributed by atoms with Crippen LogP contribution in [-0.2, 0) is 35.0 Å². The van der Waals surface area contributed by atoms with Crippen molar-refractivity contribution in [2.24, 2.45) is 0 Å². The topological polar surface area (TPSA) is 70.5 Å². The number of hydrogen-bond donors (Lipinski definition) is 2. The van der Waals surface area contributed by atoms with Crippen LogP contribution in [0.3, 0.4) is 0 Å². The molecule has 4 N–H and O–H groups in total. The third kappa shape index (κ3) is 6.47. The van der Waals surface area contributed by atoms with E-state index in [9.17, 15) is 0 Å². The number of benzene rings is 2. The Morgan fingerprint density at radius 2 is 1.24 bits per heavy atom. The van der Waals surface area contributed by atoms with Gasteiger partial charge in [0.15, 0.2) is 0 Å². The van der Waals surface area contributed by atoms with Gasteiger partial charge in [-0.25, -0.2) is 0 Å². The van der Waals surface area contributed by atoms with Crippen molar-refractivity contribution in [3.05, 3.63) is 73.1 Å². The highest BCUT2D eigenvalue weighted by Gasteiger charge is 2.51. The minimum absolute atomic E-state index is 0.239. The molecule has 0 aromatic heterocycles. The molecule has 0 spiro atoms. The highest BCUT2D eigenvalue weighted by molar-refractivity contribution is 9.10. The summed E-state index contributed by atoms with van der Waals surface area (Å²) in [6, 6.07) is 3.84. The van der Waals surface area contributed by atoms with E-state index in [1.807, 2.05) is 53.7 Å². The summed E-state index contributed by atoms with van der Waals surface area (Å²) in [6.07, 6.45) is 6.61. The summed E-state index contributed by atoms with van der Waals surface area (Å²) in [5.41, 5.74) is 21.2. The fourth-order valence-corrected chi connectivity index (χ4v) is 6.12. The number of hydrogen-bond acceptors (Lipinski definition) is 4. The number of nitrogen functional groups attached to an aromatic ring is 2. The van der Waals surface area contributed by atoms with E-state index in [0.717, 1.165) is 68.2 Å². The molecule has 3 aliphatic rings. The van der Waals surface area contributed by atoms with Crippen molar-refractivity contribution in [2.45, 2.75) is 91.3 Å². The van der Waals surface area contributed by atoms with E-state index in [2.05, 4.69) is 29.1 Å². The van der Waals surface area contributed by atoms with E-state index in [4.69, 9.17) is 44.0 Å². The van der Waals surface area contributed by atoms with Gasteiger partial charge in [-0.3, -0.25) is 0 Å². The molecule has 0 atom stereocenters. The van der Waals surface area contributed by atoms with E-state index < -0.39 is 0 Å². The molecule has 0 saturated carbocycles. The van der Waals surface area contributed by atoms with Crippen molar-refractivity contribution >= 4 is 63.2 Å². The summed E-state index contributed by atoms with van der Waals surface area (Å²) in [7, 11) is -0.241. The predicted molar refractivity (Wildman–Crippen MR) is 169 cm³/mol. The Morgan fingerprint density at radius 1 is 0.816 bits per heavy atom. The summed E-state index contributed by atoms with van der Waals surface area (Å²) in [4.78, 5) is 0. The Labute approximate surface area is 247 Å². The molecule has 2 aliphatic carbocycles. The second kappa shape index (κ2) is 12.0. The van der Waals surface area contributed by atoms with E-state index in [-0.39, 0.29) is 18.3 Å². The standard InChI is InChI=1S/C12H14ClN.C9H17BO2.C9H9BrClN/c1-7(2)10-6-11(13)8-4-3-5-9(8)12(10)14;1-7(2)10-11-8(3,4)9(5,6)12-10;10-7-4-8(11)5-2-1-3-6(5)9(7)12/h6H,1,3-5,14H2,2H3;1H2,2-6H3;4H,1-3,12H2. The van der Waals surface area contributed by atoms with Crippen LogP contribution in [0.25, 0.3) is 5.57 Å². The number of halogens is 3. The minimum atomic E-state index is -0.241. The van der Waals surface area contributed by atoms with Crippen LogP contribution in [-0.4, -0.2) is 18.3 Å². The van der Waals surface area contributed by atoms with Gasteiger partial charge in [-0.15, -0.1) is 6.58 Å². The number of rotatable bonds is 2. The maximum absolute atomic E-state index is 6.19. The van der Waals surface area contributed by atoms with Crippen molar-refractivity contribution in [1.82, 2.24) is 0 Å². The van der Waals surface area contributed by atoms with Crippen LogP contribution in [0.5, 0.6) is 0 Å². The molecule has 1 heterocycles. The third-order valence-electron chi connectivity index (χ3n) is 7.85. The largest absolute Gasteiger partial charge is 0.489 e. The van der Waals surface area contributed by atoms with Gasteiger partial charge in [0.25, 0.3) is 0 Å². The smallest absolute Gasteiger partial charge is 0.400 e. The Kier molecular flexibility index (Phi) is 9.80. The Hall–Kier alpha value is -1.44. The fourth-order valence-electron chi connectivity index (χ4n) is 4.88. The molecule has 206 valence electrons. The molecule has 1 fully saturated rings. The highest BCUT2D eigenvalue weighted by Crippen LogP contribution is 2.39. The first-order valence-corrected chi connectivity index (χ1v) is 14.6. The van der Waals surface area contributed by atoms with Crippen molar-refractivity contribution in [1.29, 1.82) is 0 Å². The molecule has 2 aromatic rings. The van der Waals surface area contributed by atoms with Crippen LogP contribution in [0.15, 0.2) is 35.2 Å². The molecule has 1 aliphatic heterocycles. The summed E-state index contributed by atoms with van der Waals surface area (Å²) < 4.78 is 12.3. The van der Waals surface area contributed by atoms with Crippen LogP contribution in [0, 0.1) is 0 Å². The van der Waals surface area contributed by atoms with E-state index in [0.29, 0.717) is 0 Å². The second-order valence-corrected chi connectivity index (χ2v) is 13.1. The van der Waals surface area contributed by atoms with Crippen LogP contribution in [0.2, 0.25) is 10.0 Å². The number of nitrogens with two attached hydrogens (primary N) is 2. The number of fused-ring (bicyclic) bond motifs is 2. The van der Waals surface area contributed by atoms with Gasteiger partial charge >= 0.3 is 7.12 Å². The van der Waals surface area contributed by atoms with Crippen molar-refractivity contribution in [3.8, 4) is 0 Å². The summed E-state index contributed by atoms with van der Waals surface area (Å²) in [6.45, 7) is 19.8. The molecule has 2 aromatic carbocycles. The second-order valence-electron chi connectivity index (χ2n) is 11.4. The zero-order valence-corrected chi connectivity index (χ0v) is 26.6. The molecule has 0 unspecified atom stereocenters. The van der Waals surface area contributed by atoms with Gasteiger partial charge in [0.05, 0.1) is 11.2 Å². The van der Waals surface area contributed by atoms with E-state index in [1.165, 1.54) is 35.1 Å². The molecule has 1 saturated heterocycles. The van der Waals surface area contributed by atoms with Gasteiger partial charge in [0.1, 0.15) is 0 Å². The van der Waals surface area contributed by atoms with Gasteiger partial charge in [-0.1, -0.05) is 35.3 Å². The maximum Gasteiger partial charge on any atom is 0.489 e. The van der Waals surface area contributed by atoms with E-state index >= 15 is 0 Å². The lowest BCUT2D eigenvalue weighted by molar-refractivity contribution is 0.00578. The van der Waals surface area contributed by atoms with E-state index in [1.54, 1.807) is 0 Å². The third-order valence-corrected chi connectivity index (χ3v) is 9.18. The molecular formula is C30H40BBrCl2N2O2. The van der Waals surface area contributed by atoms with Crippen molar-refractivity contribution in [3.63, 3.8) is 0 Å². The lowest BCUT2D eigenvalue weighted by atomic mass is 9.81. The van der Waals surface area contributed by atoms with Crippen molar-refractivity contribution < 1.29 is 9.31 Å². The first-order chi connectivity index (χ1) is 17.6. The lowest BCUT2D eigenvalue weighted by Gasteiger charge is -2.32. The highest BCUT2D eigenvalue weighted by atomic mass is 79.9. The SMILES string of the molecule is C=C(C)B1OC(C)(C)C(C)(C)O1.C=C(C)c1cc(Cl)c2c(c1N)CCC2.Nc1c(Br)cc(Cl)c2c1CCC2. The van der Waals surface area contributed by atoms with Crippen LogP contribution >= 0.6 is 39.1 Å². The van der Waals surface area contributed by atoms with Crippen LogP contribution < -0.4 is 11.5 Å². The molecule has 0 bridgehead atoms. The molecule has 4 nitrogen and oxygen atoms in total. The van der Waals surface area contributed by atoms with Gasteiger partial charge in [0.2, 0.25) is 0 Å². The van der Waals surface area contributed by atoms with Crippen LogP contribution in [0.1, 0.15) is 82.2 Å². The number of anilines is 2. The average Bonchev–Trinajstić information content (AvgIpc) is 3.54. The number of allylic oxidation sites excluding steroid dienone is 2. The molecule has 0 amide bonds. The first-order valence-electron chi connectivity index (χ1n) is 13.1. The lowest BCUT2D eigenvalue weighted by Crippen LogP contribution is -2.41. The van der Waals surface area contributed by atoms with Crippen molar-refractivity contribution in [2.75, 3.05) is 11.5 Å². The molecule has 0 radical (unpaired) electrons. The zero-order chi connectivity index (χ0) is 28.6. The molecular weight excluding hydrogens is 582 g/mol. The quantitative estimate of drug-likeness (QED) is 0.260. The maximum atomic E-state index is 6.19. The van der Waals surface area contributed by atoms with Crippen LogP contribution in [0.4, 0.5) is 11.4 Å². The van der Waals surface area contributed by atoms with Gasteiger partial charge in [-0.05, 0) is 136 Å². The summed E-state index contributed by atoms with van der Waals surface area (Å²) in [5, 5.41) is 1.70. The summed E-state index contributed by atoms with van der Waals surface area (Å²) in [5.74, 6) is 0. The zero-order valence-electron chi connectivity index (χ0n) is 23.5. The monoisotopic (exact) mass is 620 g/mol. The molecule has 8 heteroatoms. The van der Waals surface area contributed by atoms with Gasteiger partial charge in [0, 0.05) is 31.5 Å².